The van der Waals surface area contributed by atoms with Crippen molar-refractivity contribution >= 4 is 59.7 Å². The Labute approximate surface area is 173 Å². The highest BCUT2D eigenvalue weighted by Gasteiger charge is 2.20. The van der Waals surface area contributed by atoms with Crippen LogP contribution in [0.2, 0.25) is 0 Å². The van der Waals surface area contributed by atoms with Crippen LogP contribution in [0.5, 0.6) is 0 Å². The fourth-order valence-corrected chi connectivity index (χ4v) is 4.50. The highest BCUT2D eigenvalue weighted by atomic mass is 79.9. The molecule has 0 saturated carbocycles. The topological polar surface area (TPSA) is 54.8 Å². The maximum absolute atomic E-state index is 9.66. The molecular formula is C24H12BrN3O. The van der Waals surface area contributed by atoms with Crippen LogP contribution in [0, 0.1) is 11.3 Å². The predicted molar refractivity (Wildman–Crippen MR) is 118 cm³/mol. The van der Waals surface area contributed by atoms with Crippen molar-refractivity contribution < 1.29 is 4.42 Å². The second-order valence-electron chi connectivity index (χ2n) is 6.92. The lowest BCUT2D eigenvalue weighted by Gasteiger charge is -2.09. The molecule has 3 aromatic carbocycles. The number of fused-ring (bicyclic) bond motifs is 7. The second kappa shape index (κ2) is 5.94. The number of hydrogen-bond donors (Lipinski definition) is 0. The molecule has 0 aliphatic rings. The van der Waals surface area contributed by atoms with E-state index in [4.69, 9.17) is 4.42 Å². The minimum atomic E-state index is 0.376. The van der Waals surface area contributed by atoms with E-state index < -0.39 is 0 Å². The van der Waals surface area contributed by atoms with Gasteiger partial charge < -0.3 is 8.98 Å². The SMILES string of the molecule is N#Cc1ncc(Br)cc1-n1c2ccccc2c2c3oc4ccccc4c3ccc21. The van der Waals surface area contributed by atoms with Gasteiger partial charge in [-0.25, -0.2) is 4.98 Å². The van der Waals surface area contributed by atoms with Gasteiger partial charge in [-0.2, -0.15) is 5.26 Å². The molecule has 136 valence electrons. The van der Waals surface area contributed by atoms with Crippen LogP contribution < -0.4 is 0 Å². The fraction of sp³-hybridized carbons (Fsp3) is 0. The molecule has 0 N–H and O–H groups in total. The van der Waals surface area contributed by atoms with E-state index in [-0.39, 0.29) is 0 Å². The van der Waals surface area contributed by atoms with Gasteiger partial charge in [-0.15, -0.1) is 0 Å². The van der Waals surface area contributed by atoms with Crippen LogP contribution in [-0.4, -0.2) is 9.55 Å². The molecule has 0 fully saturated rings. The molecule has 4 nitrogen and oxygen atoms in total. The fourth-order valence-electron chi connectivity index (χ4n) is 4.18. The number of para-hydroxylation sites is 2. The van der Waals surface area contributed by atoms with Gasteiger partial charge in [0.2, 0.25) is 0 Å². The molecule has 3 heterocycles. The summed E-state index contributed by atoms with van der Waals surface area (Å²) in [4.78, 5) is 4.31. The Balaban J connectivity index is 1.87. The summed E-state index contributed by atoms with van der Waals surface area (Å²) in [5.74, 6) is 0. The largest absolute Gasteiger partial charge is 0.455 e. The maximum Gasteiger partial charge on any atom is 0.164 e. The first-order chi connectivity index (χ1) is 14.3. The van der Waals surface area contributed by atoms with E-state index in [1.54, 1.807) is 6.20 Å². The van der Waals surface area contributed by atoms with Crippen molar-refractivity contribution in [3.05, 3.63) is 83.1 Å². The highest BCUT2D eigenvalue weighted by Crippen LogP contribution is 2.40. The van der Waals surface area contributed by atoms with Gasteiger partial charge in [-0.05, 0) is 46.3 Å². The summed E-state index contributed by atoms with van der Waals surface area (Å²) in [6.07, 6.45) is 1.65. The summed E-state index contributed by atoms with van der Waals surface area (Å²) in [6.45, 7) is 0. The van der Waals surface area contributed by atoms with Gasteiger partial charge in [0.1, 0.15) is 17.2 Å². The zero-order valence-corrected chi connectivity index (χ0v) is 16.6. The van der Waals surface area contributed by atoms with Gasteiger partial charge >= 0.3 is 0 Å². The number of furan rings is 1. The van der Waals surface area contributed by atoms with Gasteiger partial charge in [0.15, 0.2) is 5.69 Å². The Hall–Kier alpha value is -3.62. The first-order valence-electron chi connectivity index (χ1n) is 9.15. The zero-order valence-electron chi connectivity index (χ0n) is 15.1. The number of benzene rings is 3. The van der Waals surface area contributed by atoms with E-state index >= 15 is 0 Å². The maximum atomic E-state index is 9.66. The molecule has 0 amide bonds. The third kappa shape index (κ3) is 2.21. The molecule has 3 aromatic heterocycles. The third-order valence-electron chi connectivity index (χ3n) is 5.36. The van der Waals surface area contributed by atoms with E-state index in [0.717, 1.165) is 53.9 Å². The van der Waals surface area contributed by atoms with Crippen molar-refractivity contribution in [2.75, 3.05) is 0 Å². The average Bonchev–Trinajstić information content (AvgIpc) is 3.29. The van der Waals surface area contributed by atoms with Crippen LogP contribution in [0.4, 0.5) is 0 Å². The van der Waals surface area contributed by atoms with Gasteiger partial charge in [-0.3, -0.25) is 0 Å². The summed E-state index contributed by atoms with van der Waals surface area (Å²) in [5, 5.41) is 14.0. The number of aromatic nitrogens is 2. The number of pyridine rings is 1. The van der Waals surface area contributed by atoms with Crippen molar-refractivity contribution in [1.82, 2.24) is 9.55 Å². The summed E-state index contributed by atoms with van der Waals surface area (Å²) < 4.78 is 9.21. The monoisotopic (exact) mass is 437 g/mol. The predicted octanol–water partition coefficient (Wildman–Crippen LogP) is 6.71. The average molecular weight is 438 g/mol. The minimum Gasteiger partial charge on any atom is -0.455 e. The molecule has 0 atom stereocenters. The van der Waals surface area contributed by atoms with E-state index in [1.807, 2.05) is 36.4 Å². The van der Waals surface area contributed by atoms with E-state index in [2.05, 4.69) is 61.9 Å². The zero-order chi connectivity index (χ0) is 19.5. The minimum absolute atomic E-state index is 0.376. The lowest BCUT2D eigenvalue weighted by Crippen LogP contribution is -1.99. The number of rotatable bonds is 1. The molecule has 0 aliphatic carbocycles. The molecule has 0 spiro atoms. The summed E-state index contributed by atoms with van der Waals surface area (Å²) in [7, 11) is 0. The summed E-state index contributed by atoms with van der Waals surface area (Å²) in [5.41, 5.74) is 4.83. The highest BCUT2D eigenvalue weighted by molar-refractivity contribution is 9.10. The molecule has 0 saturated heterocycles. The molecule has 0 radical (unpaired) electrons. The number of nitrogens with zero attached hydrogens (tertiary/aromatic N) is 3. The van der Waals surface area contributed by atoms with Crippen LogP contribution in [0.15, 0.2) is 81.8 Å². The molecule has 0 unspecified atom stereocenters. The van der Waals surface area contributed by atoms with Gasteiger partial charge in [0.25, 0.3) is 0 Å². The van der Waals surface area contributed by atoms with Crippen molar-refractivity contribution in [3.63, 3.8) is 0 Å². The normalized spacial score (nSPS) is 11.6. The van der Waals surface area contributed by atoms with E-state index in [9.17, 15) is 5.26 Å². The number of halogens is 1. The Morgan fingerprint density at radius 2 is 1.69 bits per heavy atom. The smallest absolute Gasteiger partial charge is 0.164 e. The molecule has 5 heteroatoms. The quantitative estimate of drug-likeness (QED) is 0.287. The lowest BCUT2D eigenvalue weighted by molar-refractivity contribution is 0.673. The van der Waals surface area contributed by atoms with Gasteiger partial charge in [0, 0.05) is 26.8 Å². The van der Waals surface area contributed by atoms with Crippen LogP contribution in [0.3, 0.4) is 0 Å². The molecule has 0 bridgehead atoms. The van der Waals surface area contributed by atoms with Crippen LogP contribution in [0.1, 0.15) is 5.69 Å². The second-order valence-corrected chi connectivity index (χ2v) is 7.84. The molecule has 0 aliphatic heterocycles. The summed E-state index contributed by atoms with van der Waals surface area (Å²) in [6, 6.07) is 24.6. The molecular weight excluding hydrogens is 426 g/mol. The third-order valence-corrected chi connectivity index (χ3v) is 5.79. The van der Waals surface area contributed by atoms with Crippen molar-refractivity contribution in [3.8, 4) is 11.8 Å². The Morgan fingerprint density at radius 3 is 2.55 bits per heavy atom. The summed E-state index contributed by atoms with van der Waals surface area (Å²) >= 11 is 3.50. The van der Waals surface area contributed by atoms with Crippen LogP contribution in [0.25, 0.3) is 49.4 Å². The van der Waals surface area contributed by atoms with Crippen LogP contribution >= 0.6 is 15.9 Å². The molecule has 6 rings (SSSR count). The van der Waals surface area contributed by atoms with Crippen molar-refractivity contribution in [2.45, 2.75) is 0 Å². The van der Waals surface area contributed by atoms with Gasteiger partial charge in [0.05, 0.1) is 22.1 Å². The Bertz CT molecular complexity index is 1640. The van der Waals surface area contributed by atoms with Crippen molar-refractivity contribution in [2.24, 2.45) is 0 Å². The lowest BCUT2D eigenvalue weighted by atomic mass is 10.1. The van der Waals surface area contributed by atoms with Crippen molar-refractivity contribution in [1.29, 1.82) is 5.26 Å². The van der Waals surface area contributed by atoms with E-state index in [1.165, 1.54) is 0 Å². The van der Waals surface area contributed by atoms with Gasteiger partial charge in [-0.1, -0.05) is 36.4 Å². The number of hydrogen-bond acceptors (Lipinski definition) is 3. The first-order valence-corrected chi connectivity index (χ1v) is 9.95. The standard InChI is InChI=1S/C24H12BrN3O/c25-14-11-21(18(12-26)27-13-14)28-19-7-3-1-6-17(19)23-20(28)10-9-16-15-5-2-4-8-22(15)29-24(16)23/h1-11,13H. The first kappa shape index (κ1) is 16.3. The molecule has 6 aromatic rings. The van der Waals surface area contributed by atoms with E-state index in [0.29, 0.717) is 5.69 Å². The molecule has 29 heavy (non-hydrogen) atoms. The van der Waals surface area contributed by atoms with Crippen LogP contribution in [-0.2, 0) is 0 Å². The Morgan fingerprint density at radius 1 is 0.897 bits per heavy atom. The Kier molecular flexibility index (Phi) is 3.35. The number of nitriles is 1.